The van der Waals surface area contributed by atoms with Crippen LogP contribution in [-0.4, -0.2) is 5.91 Å². The van der Waals surface area contributed by atoms with E-state index in [4.69, 9.17) is 0 Å². The molecule has 0 bridgehead atoms. The number of benzene rings is 1. The number of halogens is 4. The number of hydrogen-bond acceptors (Lipinski definition) is 2. The first-order chi connectivity index (χ1) is 8.45. The molecule has 0 aliphatic heterocycles. The molecule has 2 rings (SSSR count). The Bertz CT molecular complexity index is 593. The SMILES string of the molecule is NC(=O)c1c(F)c(F)c(-c2ccco2)c(F)c1F. The molecule has 0 saturated carbocycles. The van der Waals surface area contributed by atoms with Gasteiger partial charge in [0.2, 0.25) is 0 Å². The van der Waals surface area contributed by atoms with Gasteiger partial charge in [-0.25, -0.2) is 17.6 Å². The summed E-state index contributed by atoms with van der Waals surface area (Å²) in [7, 11) is 0. The number of nitrogens with two attached hydrogens (primary N) is 1. The Balaban J connectivity index is 2.83. The average molecular weight is 259 g/mol. The van der Waals surface area contributed by atoms with Crippen LogP contribution in [0.15, 0.2) is 22.8 Å². The van der Waals surface area contributed by atoms with Gasteiger partial charge in [0, 0.05) is 0 Å². The first-order valence-electron chi connectivity index (χ1n) is 4.64. The first kappa shape index (κ1) is 12.2. The van der Waals surface area contributed by atoms with Crippen molar-refractivity contribution in [2.45, 2.75) is 0 Å². The molecule has 94 valence electrons. The van der Waals surface area contributed by atoms with Crippen LogP contribution in [-0.2, 0) is 0 Å². The van der Waals surface area contributed by atoms with E-state index in [0.29, 0.717) is 0 Å². The van der Waals surface area contributed by atoms with Gasteiger partial charge in [0.1, 0.15) is 11.3 Å². The number of carbonyl (C=O) groups is 1. The normalized spacial score (nSPS) is 10.7. The molecule has 0 unspecified atom stereocenters. The van der Waals surface area contributed by atoms with Gasteiger partial charge in [-0.15, -0.1) is 0 Å². The molecule has 0 spiro atoms. The van der Waals surface area contributed by atoms with E-state index < -0.39 is 46.1 Å². The second kappa shape index (κ2) is 4.17. The van der Waals surface area contributed by atoms with Crippen molar-refractivity contribution < 1.29 is 26.8 Å². The third kappa shape index (κ3) is 1.64. The Hall–Kier alpha value is -2.31. The van der Waals surface area contributed by atoms with E-state index in [1.54, 1.807) is 0 Å². The maximum atomic E-state index is 13.6. The van der Waals surface area contributed by atoms with Crippen molar-refractivity contribution in [1.82, 2.24) is 0 Å². The molecule has 0 saturated heterocycles. The van der Waals surface area contributed by atoms with Crippen LogP contribution in [0.25, 0.3) is 11.3 Å². The summed E-state index contributed by atoms with van der Waals surface area (Å²) in [5.41, 5.74) is 2.16. The highest BCUT2D eigenvalue weighted by molar-refractivity contribution is 5.94. The highest BCUT2D eigenvalue weighted by Gasteiger charge is 2.29. The van der Waals surface area contributed by atoms with Crippen LogP contribution in [0.2, 0.25) is 0 Å². The van der Waals surface area contributed by atoms with E-state index in [1.807, 2.05) is 0 Å². The van der Waals surface area contributed by atoms with Gasteiger partial charge in [0.25, 0.3) is 5.91 Å². The number of hydrogen-bond donors (Lipinski definition) is 1. The van der Waals surface area contributed by atoms with Gasteiger partial charge in [0.15, 0.2) is 23.3 Å². The van der Waals surface area contributed by atoms with Crippen LogP contribution in [0.3, 0.4) is 0 Å². The van der Waals surface area contributed by atoms with Gasteiger partial charge in [-0.1, -0.05) is 0 Å². The highest BCUT2D eigenvalue weighted by atomic mass is 19.2. The van der Waals surface area contributed by atoms with Crippen LogP contribution in [0.5, 0.6) is 0 Å². The molecule has 0 fully saturated rings. The first-order valence-corrected chi connectivity index (χ1v) is 4.64. The quantitative estimate of drug-likeness (QED) is 0.665. The van der Waals surface area contributed by atoms with Crippen molar-refractivity contribution in [3.05, 3.63) is 47.2 Å². The van der Waals surface area contributed by atoms with Gasteiger partial charge in [-0.2, -0.15) is 0 Å². The van der Waals surface area contributed by atoms with E-state index >= 15 is 0 Å². The maximum Gasteiger partial charge on any atom is 0.254 e. The molecule has 7 heteroatoms. The van der Waals surface area contributed by atoms with Crippen LogP contribution in [0, 0.1) is 23.3 Å². The summed E-state index contributed by atoms with van der Waals surface area (Å²) in [5.74, 6) is -9.19. The second-order valence-electron chi connectivity index (χ2n) is 3.35. The second-order valence-corrected chi connectivity index (χ2v) is 3.35. The van der Waals surface area contributed by atoms with Crippen molar-refractivity contribution in [1.29, 1.82) is 0 Å². The van der Waals surface area contributed by atoms with Crippen molar-refractivity contribution >= 4 is 5.91 Å². The molecular weight excluding hydrogens is 254 g/mol. The van der Waals surface area contributed by atoms with Gasteiger partial charge in [0.05, 0.1) is 11.8 Å². The minimum Gasteiger partial charge on any atom is -0.464 e. The van der Waals surface area contributed by atoms with Crippen LogP contribution >= 0.6 is 0 Å². The number of rotatable bonds is 2. The molecule has 2 aromatic rings. The predicted octanol–water partition coefficient (Wildman–Crippen LogP) is 2.60. The summed E-state index contributed by atoms with van der Waals surface area (Å²) in [5, 5.41) is 0. The van der Waals surface area contributed by atoms with E-state index in [2.05, 4.69) is 10.2 Å². The van der Waals surface area contributed by atoms with Gasteiger partial charge >= 0.3 is 0 Å². The summed E-state index contributed by atoms with van der Waals surface area (Å²) < 4.78 is 58.7. The highest BCUT2D eigenvalue weighted by Crippen LogP contribution is 2.32. The molecule has 0 atom stereocenters. The number of amides is 1. The molecule has 3 nitrogen and oxygen atoms in total. The lowest BCUT2D eigenvalue weighted by Gasteiger charge is -2.08. The lowest BCUT2D eigenvalue weighted by molar-refractivity contribution is 0.0990. The zero-order valence-corrected chi connectivity index (χ0v) is 8.64. The van der Waals surface area contributed by atoms with E-state index in [9.17, 15) is 22.4 Å². The predicted molar refractivity (Wildman–Crippen MR) is 52.5 cm³/mol. The summed E-state index contributed by atoms with van der Waals surface area (Å²) >= 11 is 0. The summed E-state index contributed by atoms with van der Waals surface area (Å²) in [6.07, 6.45) is 1.08. The van der Waals surface area contributed by atoms with E-state index in [-0.39, 0.29) is 0 Å². The largest absolute Gasteiger partial charge is 0.464 e. The standard InChI is InChI=1S/C11H5F4NO2/c12-7-5(4-2-1-3-18-4)8(13)10(15)6(9(7)14)11(16)17/h1-3H,(H2,16,17). The molecule has 0 aliphatic carbocycles. The molecular formula is C11H5F4NO2. The minimum atomic E-state index is -1.85. The molecule has 1 heterocycles. The molecule has 18 heavy (non-hydrogen) atoms. The third-order valence-electron chi connectivity index (χ3n) is 2.28. The van der Waals surface area contributed by atoms with E-state index in [0.717, 1.165) is 12.3 Å². The monoisotopic (exact) mass is 259 g/mol. The fraction of sp³-hybridized carbons (Fsp3) is 0. The number of primary amides is 1. The number of furan rings is 1. The van der Waals surface area contributed by atoms with Crippen molar-refractivity contribution in [3.8, 4) is 11.3 Å². The molecule has 1 aromatic heterocycles. The molecule has 1 amide bonds. The van der Waals surface area contributed by atoms with Crippen molar-refractivity contribution in [2.75, 3.05) is 0 Å². The smallest absolute Gasteiger partial charge is 0.254 e. The fourth-order valence-electron chi connectivity index (χ4n) is 1.49. The van der Waals surface area contributed by atoms with Gasteiger partial charge < -0.3 is 10.2 Å². The zero-order chi connectivity index (χ0) is 13.4. The van der Waals surface area contributed by atoms with E-state index in [1.165, 1.54) is 6.07 Å². The Morgan fingerprint density at radius 2 is 1.61 bits per heavy atom. The average Bonchev–Trinajstić information content (AvgIpc) is 2.80. The Morgan fingerprint density at radius 1 is 1.06 bits per heavy atom. The molecule has 0 radical (unpaired) electrons. The Kier molecular flexibility index (Phi) is 2.82. The Morgan fingerprint density at radius 3 is 2.00 bits per heavy atom. The fourth-order valence-corrected chi connectivity index (χ4v) is 1.49. The molecule has 2 N–H and O–H groups in total. The van der Waals surface area contributed by atoms with Crippen LogP contribution in [0.1, 0.15) is 10.4 Å². The van der Waals surface area contributed by atoms with Crippen molar-refractivity contribution in [2.24, 2.45) is 5.73 Å². The van der Waals surface area contributed by atoms with Gasteiger partial charge in [-0.05, 0) is 12.1 Å². The van der Waals surface area contributed by atoms with Gasteiger partial charge in [-0.3, -0.25) is 4.79 Å². The lowest BCUT2D eigenvalue weighted by Crippen LogP contribution is -2.18. The Labute approximate surface area is 97.8 Å². The molecule has 0 aliphatic rings. The zero-order valence-electron chi connectivity index (χ0n) is 8.64. The topological polar surface area (TPSA) is 56.2 Å². The lowest BCUT2D eigenvalue weighted by atomic mass is 10.1. The maximum absolute atomic E-state index is 13.6. The summed E-state index contributed by atoms with van der Waals surface area (Å²) in [6, 6.07) is 2.40. The summed E-state index contributed by atoms with van der Waals surface area (Å²) in [4.78, 5) is 10.7. The minimum absolute atomic E-state index is 0.404. The third-order valence-corrected chi connectivity index (χ3v) is 2.28. The molecule has 1 aromatic carbocycles. The van der Waals surface area contributed by atoms with Crippen LogP contribution in [0.4, 0.5) is 17.6 Å². The van der Waals surface area contributed by atoms with Crippen LogP contribution < -0.4 is 5.73 Å². The summed E-state index contributed by atoms with van der Waals surface area (Å²) in [6.45, 7) is 0. The van der Waals surface area contributed by atoms with Crippen molar-refractivity contribution in [3.63, 3.8) is 0 Å². The number of carbonyl (C=O) groups excluding carboxylic acids is 1.